The van der Waals surface area contributed by atoms with Crippen molar-refractivity contribution in [3.63, 3.8) is 0 Å². The minimum Gasteiger partial charge on any atom is -0.355 e. The lowest BCUT2D eigenvalue weighted by molar-refractivity contribution is -0.123. The summed E-state index contributed by atoms with van der Waals surface area (Å²) in [6.07, 6.45) is 7.00. The molecular formula is C13H21N7O. The summed E-state index contributed by atoms with van der Waals surface area (Å²) in [6, 6.07) is 0.0627. The van der Waals surface area contributed by atoms with E-state index in [0.717, 1.165) is 31.7 Å². The van der Waals surface area contributed by atoms with Gasteiger partial charge in [-0.2, -0.15) is 5.53 Å². The van der Waals surface area contributed by atoms with E-state index in [1.165, 1.54) is 0 Å². The number of aromatic nitrogens is 2. The maximum atomic E-state index is 12.2. The van der Waals surface area contributed by atoms with E-state index in [2.05, 4.69) is 36.6 Å². The topological polar surface area (TPSA) is 94.2 Å². The standard InChI is InChI=1S/C13H21N7O/c1-9-12(18-19-17-9)13(21)16-10-2-6-20(7-3-10)11-8-14-4-5-15-11/h4-5,8-10,12,17-19H,2-3,6-7H2,1H3,(H,16,21). The number of carbonyl (C=O) groups is 1. The molecule has 0 radical (unpaired) electrons. The third-order valence-electron chi connectivity index (χ3n) is 4.02. The zero-order valence-corrected chi connectivity index (χ0v) is 12.0. The van der Waals surface area contributed by atoms with Crippen molar-refractivity contribution in [2.24, 2.45) is 0 Å². The van der Waals surface area contributed by atoms with Crippen molar-refractivity contribution in [2.75, 3.05) is 18.0 Å². The van der Waals surface area contributed by atoms with Crippen LogP contribution in [0.5, 0.6) is 0 Å². The second-order valence-corrected chi connectivity index (χ2v) is 5.51. The first-order valence-corrected chi connectivity index (χ1v) is 7.31. The molecule has 114 valence electrons. The Morgan fingerprint density at radius 3 is 2.76 bits per heavy atom. The second kappa shape index (κ2) is 6.33. The van der Waals surface area contributed by atoms with E-state index in [0.29, 0.717) is 0 Å². The molecule has 0 saturated carbocycles. The lowest BCUT2D eigenvalue weighted by Crippen LogP contribution is -2.52. The highest BCUT2D eigenvalue weighted by atomic mass is 16.2. The van der Waals surface area contributed by atoms with Gasteiger partial charge in [0.1, 0.15) is 11.9 Å². The van der Waals surface area contributed by atoms with Gasteiger partial charge in [0.15, 0.2) is 0 Å². The predicted molar refractivity (Wildman–Crippen MR) is 78.1 cm³/mol. The van der Waals surface area contributed by atoms with E-state index >= 15 is 0 Å². The fourth-order valence-corrected chi connectivity index (χ4v) is 2.73. The number of carbonyl (C=O) groups excluding carboxylic acids is 1. The van der Waals surface area contributed by atoms with Crippen LogP contribution >= 0.6 is 0 Å². The van der Waals surface area contributed by atoms with E-state index in [9.17, 15) is 4.79 Å². The van der Waals surface area contributed by atoms with Crippen LogP contribution < -0.4 is 26.6 Å². The van der Waals surface area contributed by atoms with E-state index in [-0.39, 0.29) is 24.0 Å². The summed E-state index contributed by atoms with van der Waals surface area (Å²) in [5.41, 5.74) is 8.68. The van der Waals surface area contributed by atoms with Crippen LogP contribution in [0.25, 0.3) is 0 Å². The predicted octanol–water partition coefficient (Wildman–Crippen LogP) is -1.07. The molecule has 2 saturated heterocycles. The van der Waals surface area contributed by atoms with Crippen molar-refractivity contribution in [1.82, 2.24) is 31.7 Å². The van der Waals surface area contributed by atoms with Crippen molar-refractivity contribution in [3.05, 3.63) is 18.6 Å². The summed E-state index contributed by atoms with van der Waals surface area (Å²) in [6.45, 7) is 3.73. The largest absolute Gasteiger partial charge is 0.355 e. The number of amides is 1. The fraction of sp³-hybridized carbons (Fsp3) is 0.615. The van der Waals surface area contributed by atoms with Gasteiger partial charge in [-0.15, -0.1) is 0 Å². The average Bonchev–Trinajstić information content (AvgIpc) is 2.95. The van der Waals surface area contributed by atoms with Crippen molar-refractivity contribution >= 4 is 11.7 Å². The van der Waals surface area contributed by atoms with Crippen LogP contribution in [0, 0.1) is 0 Å². The number of nitrogens with one attached hydrogen (secondary N) is 4. The molecule has 8 nitrogen and oxygen atoms in total. The Morgan fingerprint density at radius 2 is 2.14 bits per heavy atom. The summed E-state index contributed by atoms with van der Waals surface area (Å²) in [7, 11) is 0. The Kier molecular flexibility index (Phi) is 4.28. The van der Waals surface area contributed by atoms with Crippen LogP contribution in [0.1, 0.15) is 19.8 Å². The van der Waals surface area contributed by atoms with Crippen molar-refractivity contribution < 1.29 is 4.79 Å². The molecule has 21 heavy (non-hydrogen) atoms. The number of rotatable bonds is 3. The molecule has 2 fully saturated rings. The van der Waals surface area contributed by atoms with Gasteiger partial charge in [-0.25, -0.2) is 15.8 Å². The molecule has 2 atom stereocenters. The zero-order valence-electron chi connectivity index (χ0n) is 12.0. The Hall–Kier alpha value is -1.77. The molecule has 3 heterocycles. The van der Waals surface area contributed by atoms with E-state index in [1.807, 2.05) is 6.92 Å². The summed E-state index contributed by atoms with van der Waals surface area (Å²) in [4.78, 5) is 22.8. The first-order chi connectivity index (χ1) is 10.2. The summed E-state index contributed by atoms with van der Waals surface area (Å²) >= 11 is 0. The highest BCUT2D eigenvalue weighted by Crippen LogP contribution is 2.16. The minimum atomic E-state index is -0.233. The van der Waals surface area contributed by atoms with Crippen LogP contribution in [-0.4, -0.2) is 47.1 Å². The van der Waals surface area contributed by atoms with Crippen molar-refractivity contribution in [3.8, 4) is 0 Å². The van der Waals surface area contributed by atoms with Gasteiger partial charge < -0.3 is 10.2 Å². The first kappa shape index (κ1) is 14.2. The second-order valence-electron chi connectivity index (χ2n) is 5.51. The van der Waals surface area contributed by atoms with Crippen LogP contribution in [0.2, 0.25) is 0 Å². The molecule has 3 rings (SSSR count). The van der Waals surface area contributed by atoms with Gasteiger partial charge in [-0.3, -0.25) is 9.78 Å². The molecule has 0 spiro atoms. The Labute approximate surface area is 123 Å². The third kappa shape index (κ3) is 3.29. The maximum absolute atomic E-state index is 12.2. The molecule has 2 aliphatic heterocycles. The molecule has 4 N–H and O–H groups in total. The van der Waals surface area contributed by atoms with Crippen molar-refractivity contribution in [2.45, 2.75) is 37.9 Å². The normalized spacial score (nSPS) is 26.8. The Bertz CT molecular complexity index is 475. The van der Waals surface area contributed by atoms with Gasteiger partial charge in [0.25, 0.3) is 0 Å². The molecule has 0 bridgehead atoms. The summed E-state index contributed by atoms with van der Waals surface area (Å²) in [5, 5.41) is 3.12. The van der Waals surface area contributed by atoms with Gasteiger partial charge in [-0.1, -0.05) is 0 Å². The van der Waals surface area contributed by atoms with Gasteiger partial charge in [0, 0.05) is 37.6 Å². The summed E-state index contributed by atoms with van der Waals surface area (Å²) in [5.74, 6) is 0.944. The van der Waals surface area contributed by atoms with Crippen LogP contribution in [0.3, 0.4) is 0 Å². The number of hydrazine groups is 2. The van der Waals surface area contributed by atoms with Crippen LogP contribution in [0.4, 0.5) is 5.82 Å². The zero-order chi connectivity index (χ0) is 14.7. The molecule has 8 heteroatoms. The number of nitrogens with zero attached hydrogens (tertiary/aromatic N) is 3. The van der Waals surface area contributed by atoms with Gasteiger partial charge >= 0.3 is 0 Å². The number of anilines is 1. The smallest absolute Gasteiger partial charge is 0.240 e. The van der Waals surface area contributed by atoms with E-state index in [4.69, 9.17) is 0 Å². The minimum absolute atomic E-state index is 0.0398. The monoisotopic (exact) mass is 291 g/mol. The highest BCUT2D eigenvalue weighted by molar-refractivity contribution is 5.83. The molecule has 0 aliphatic carbocycles. The molecule has 1 amide bonds. The Balaban J connectivity index is 1.49. The molecular weight excluding hydrogens is 270 g/mol. The van der Waals surface area contributed by atoms with Gasteiger partial charge in [0.05, 0.1) is 6.20 Å². The number of piperidine rings is 1. The highest BCUT2D eigenvalue weighted by Gasteiger charge is 2.31. The van der Waals surface area contributed by atoms with Gasteiger partial charge in [-0.05, 0) is 19.8 Å². The lowest BCUT2D eigenvalue weighted by atomic mass is 10.0. The number of hydrogen-bond donors (Lipinski definition) is 4. The molecule has 2 aliphatic rings. The van der Waals surface area contributed by atoms with E-state index < -0.39 is 0 Å². The molecule has 0 aromatic carbocycles. The quantitative estimate of drug-likeness (QED) is 0.563. The maximum Gasteiger partial charge on any atom is 0.240 e. The SMILES string of the molecule is CC1NNNC1C(=O)NC1CCN(c2cnccn2)CC1. The number of hydrogen-bond acceptors (Lipinski definition) is 7. The average molecular weight is 291 g/mol. The first-order valence-electron chi connectivity index (χ1n) is 7.31. The molecule has 1 aromatic rings. The van der Waals surface area contributed by atoms with Crippen molar-refractivity contribution in [1.29, 1.82) is 0 Å². The molecule has 1 aromatic heterocycles. The van der Waals surface area contributed by atoms with Gasteiger partial charge in [0.2, 0.25) is 5.91 Å². The Morgan fingerprint density at radius 1 is 1.33 bits per heavy atom. The third-order valence-corrected chi connectivity index (χ3v) is 4.02. The van der Waals surface area contributed by atoms with Crippen LogP contribution in [-0.2, 0) is 4.79 Å². The van der Waals surface area contributed by atoms with Crippen LogP contribution in [0.15, 0.2) is 18.6 Å². The fourth-order valence-electron chi connectivity index (χ4n) is 2.73. The lowest BCUT2D eigenvalue weighted by Gasteiger charge is -2.33. The molecule has 2 unspecified atom stereocenters. The van der Waals surface area contributed by atoms with E-state index in [1.54, 1.807) is 18.6 Å². The summed E-state index contributed by atoms with van der Waals surface area (Å²) < 4.78 is 0.